The van der Waals surface area contributed by atoms with Crippen LogP contribution in [0.4, 0.5) is 5.69 Å². The molecule has 0 aromatic heterocycles. The van der Waals surface area contributed by atoms with Crippen LogP contribution < -0.4 is 10.2 Å². The summed E-state index contributed by atoms with van der Waals surface area (Å²) in [6.45, 7) is 14.6. The lowest BCUT2D eigenvalue weighted by atomic mass is 9.85. The summed E-state index contributed by atoms with van der Waals surface area (Å²) < 4.78 is 0. The van der Waals surface area contributed by atoms with Crippen molar-refractivity contribution in [2.24, 2.45) is 11.3 Å². The third-order valence-electron chi connectivity index (χ3n) is 6.50. The number of unbranched alkanes of at least 4 members (excludes halogenated alkanes) is 1. The number of hydrogen-bond acceptors (Lipinski definition) is 5. The number of hydrogen-bond donors (Lipinski definition) is 2. The van der Waals surface area contributed by atoms with Gasteiger partial charge in [-0.15, -0.1) is 0 Å². The van der Waals surface area contributed by atoms with E-state index in [4.69, 9.17) is 0 Å². The van der Waals surface area contributed by atoms with Gasteiger partial charge < -0.3 is 15.1 Å². The molecule has 0 spiro atoms. The van der Waals surface area contributed by atoms with Gasteiger partial charge in [-0.3, -0.25) is 19.6 Å². The van der Waals surface area contributed by atoms with Crippen molar-refractivity contribution >= 4 is 23.9 Å². The monoisotopic (exact) mass is 474 g/mol. The first kappa shape index (κ1) is 27.6. The summed E-state index contributed by atoms with van der Waals surface area (Å²) in [5.74, 6) is -0.975. The van der Waals surface area contributed by atoms with Crippen LogP contribution >= 0.6 is 0 Å². The Balaban J connectivity index is 2.10. The SMILES string of the molecule is CCCC[C@H](CN(O)C=O)C(=O)N[C@H](C(=O)N1CCN(c2cc(C)ccc2C)CC1)C(C)(C)C. The Morgan fingerprint density at radius 2 is 1.82 bits per heavy atom. The molecule has 190 valence electrons. The van der Waals surface area contributed by atoms with E-state index in [1.807, 2.05) is 32.6 Å². The summed E-state index contributed by atoms with van der Waals surface area (Å²) in [4.78, 5) is 41.7. The summed E-state index contributed by atoms with van der Waals surface area (Å²) in [5.41, 5.74) is 3.14. The molecule has 34 heavy (non-hydrogen) atoms. The molecule has 2 atom stereocenters. The van der Waals surface area contributed by atoms with Gasteiger partial charge in [0.2, 0.25) is 18.2 Å². The minimum absolute atomic E-state index is 0.0884. The highest BCUT2D eigenvalue weighted by Crippen LogP contribution is 2.26. The molecule has 1 aliphatic rings. The maximum atomic E-state index is 13.5. The van der Waals surface area contributed by atoms with Crippen LogP contribution in [0.25, 0.3) is 0 Å². The van der Waals surface area contributed by atoms with Crippen molar-refractivity contribution in [3.05, 3.63) is 29.3 Å². The number of benzene rings is 1. The Labute approximate surface area is 204 Å². The molecule has 0 radical (unpaired) electrons. The molecule has 2 N–H and O–H groups in total. The van der Waals surface area contributed by atoms with Crippen molar-refractivity contribution in [1.29, 1.82) is 0 Å². The zero-order chi connectivity index (χ0) is 25.5. The van der Waals surface area contributed by atoms with Crippen LogP contribution in [0.15, 0.2) is 18.2 Å². The summed E-state index contributed by atoms with van der Waals surface area (Å²) >= 11 is 0. The molecule has 0 saturated carbocycles. The second kappa shape index (κ2) is 12.2. The normalized spacial score (nSPS) is 16.1. The van der Waals surface area contributed by atoms with Crippen molar-refractivity contribution in [1.82, 2.24) is 15.3 Å². The van der Waals surface area contributed by atoms with Crippen LogP contribution in [0.2, 0.25) is 0 Å². The van der Waals surface area contributed by atoms with Gasteiger partial charge in [-0.05, 0) is 42.9 Å². The van der Waals surface area contributed by atoms with E-state index < -0.39 is 17.4 Å². The Bertz CT molecular complexity index is 844. The molecule has 1 heterocycles. The van der Waals surface area contributed by atoms with E-state index in [-0.39, 0.29) is 18.4 Å². The molecule has 3 amide bonds. The molecule has 1 fully saturated rings. The number of aryl methyl sites for hydroxylation is 2. The van der Waals surface area contributed by atoms with Crippen molar-refractivity contribution < 1.29 is 19.6 Å². The fourth-order valence-corrected chi connectivity index (χ4v) is 4.34. The number of anilines is 1. The van der Waals surface area contributed by atoms with Gasteiger partial charge in [-0.25, -0.2) is 5.06 Å². The molecule has 0 unspecified atom stereocenters. The topological polar surface area (TPSA) is 93.2 Å². The second-order valence-electron chi connectivity index (χ2n) is 10.5. The first-order chi connectivity index (χ1) is 16.0. The van der Waals surface area contributed by atoms with Gasteiger partial charge in [0.15, 0.2) is 0 Å². The van der Waals surface area contributed by atoms with Crippen molar-refractivity contribution in [2.45, 2.75) is 66.8 Å². The van der Waals surface area contributed by atoms with Crippen LogP contribution in [-0.2, 0) is 14.4 Å². The number of hydroxylamine groups is 2. The predicted molar refractivity (Wildman–Crippen MR) is 134 cm³/mol. The molecule has 8 nitrogen and oxygen atoms in total. The standard InChI is InChI=1S/C26H42N4O4/c1-7-8-9-21(17-30(34)18-31)24(32)27-23(26(4,5)6)25(33)29-14-12-28(13-15-29)22-16-19(2)10-11-20(22)3/h10-11,16,18,21,23,34H,7-9,12-15,17H2,1-6H3,(H,27,32)/t21-,23-/m1/s1. The summed E-state index contributed by atoms with van der Waals surface area (Å²) in [6, 6.07) is 5.72. The highest BCUT2D eigenvalue weighted by Gasteiger charge is 2.38. The lowest BCUT2D eigenvalue weighted by Crippen LogP contribution is -2.59. The van der Waals surface area contributed by atoms with E-state index in [0.29, 0.717) is 31.0 Å². The van der Waals surface area contributed by atoms with E-state index in [0.717, 1.165) is 25.9 Å². The van der Waals surface area contributed by atoms with Gasteiger partial charge >= 0.3 is 0 Å². The number of amides is 3. The van der Waals surface area contributed by atoms with Crippen molar-refractivity contribution in [3.8, 4) is 0 Å². The third kappa shape index (κ3) is 7.45. The molecule has 1 aliphatic heterocycles. The number of piperazine rings is 1. The second-order valence-corrected chi connectivity index (χ2v) is 10.5. The lowest BCUT2D eigenvalue weighted by molar-refractivity contribution is -0.155. The lowest BCUT2D eigenvalue weighted by Gasteiger charge is -2.41. The summed E-state index contributed by atoms with van der Waals surface area (Å²) in [7, 11) is 0. The summed E-state index contributed by atoms with van der Waals surface area (Å²) in [5, 5.41) is 13.1. The third-order valence-corrected chi connectivity index (χ3v) is 6.50. The van der Waals surface area contributed by atoms with Crippen LogP contribution in [0.3, 0.4) is 0 Å². The maximum absolute atomic E-state index is 13.5. The molecule has 1 aromatic carbocycles. The molecule has 1 saturated heterocycles. The predicted octanol–water partition coefficient (Wildman–Crippen LogP) is 3.14. The zero-order valence-corrected chi connectivity index (χ0v) is 21.6. The maximum Gasteiger partial charge on any atom is 0.245 e. The number of nitrogens with zero attached hydrogens (tertiary/aromatic N) is 3. The minimum Gasteiger partial charge on any atom is -0.368 e. The first-order valence-corrected chi connectivity index (χ1v) is 12.3. The van der Waals surface area contributed by atoms with Crippen LogP contribution in [0.5, 0.6) is 0 Å². The van der Waals surface area contributed by atoms with Crippen LogP contribution in [0, 0.1) is 25.2 Å². The largest absolute Gasteiger partial charge is 0.368 e. The Morgan fingerprint density at radius 3 is 2.38 bits per heavy atom. The van der Waals surface area contributed by atoms with E-state index in [2.05, 4.69) is 42.3 Å². The highest BCUT2D eigenvalue weighted by molar-refractivity contribution is 5.89. The average Bonchev–Trinajstić information content (AvgIpc) is 2.80. The number of nitrogens with one attached hydrogen (secondary N) is 1. The fraction of sp³-hybridized carbons (Fsp3) is 0.654. The van der Waals surface area contributed by atoms with Gasteiger partial charge in [0.25, 0.3) is 0 Å². The highest BCUT2D eigenvalue weighted by atomic mass is 16.5. The molecular weight excluding hydrogens is 432 g/mol. The van der Waals surface area contributed by atoms with Gasteiger partial charge in [-0.2, -0.15) is 0 Å². The van der Waals surface area contributed by atoms with Crippen molar-refractivity contribution in [3.63, 3.8) is 0 Å². The Kier molecular flexibility index (Phi) is 9.91. The molecule has 2 rings (SSSR count). The quantitative estimate of drug-likeness (QED) is 0.309. The van der Waals surface area contributed by atoms with Gasteiger partial charge in [-0.1, -0.05) is 52.7 Å². The molecule has 1 aromatic rings. The molecular formula is C26H42N4O4. The zero-order valence-electron chi connectivity index (χ0n) is 21.6. The first-order valence-electron chi connectivity index (χ1n) is 12.3. The molecule has 8 heteroatoms. The van der Waals surface area contributed by atoms with Crippen molar-refractivity contribution in [2.75, 3.05) is 37.6 Å². The molecule has 0 bridgehead atoms. The Morgan fingerprint density at radius 1 is 1.18 bits per heavy atom. The number of carbonyl (C=O) groups excluding carboxylic acids is 3. The van der Waals surface area contributed by atoms with Gasteiger partial charge in [0.05, 0.1) is 12.5 Å². The van der Waals surface area contributed by atoms with Gasteiger partial charge in [0.1, 0.15) is 6.04 Å². The van der Waals surface area contributed by atoms with Crippen LogP contribution in [-0.4, -0.2) is 72.2 Å². The fourth-order valence-electron chi connectivity index (χ4n) is 4.34. The van der Waals surface area contributed by atoms with E-state index in [1.54, 1.807) is 0 Å². The molecule has 0 aliphatic carbocycles. The minimum atomic E-state index is -0.695. The summed E-state index contributed by atoms with van der Waals surface area (Å²) in [6.07, 6.45) is 2.52. The Hall–Kier alpha value is -2.61. The smallest absolute Gasteiger partial charge is 0.245 e. The van der Waals surface area contributed by atoms with E-state index >= 15 is 0 Å². The average molecular weight is 475 g/mol. The number of carbonyl (C=O) groups is 3. The number of rotatable bonds is 10. The van der Waals surface area contributed by atoms with Gasteiger partial charge in [0, 0.05) is 31.9 Å². The van der Waals surface area contributed by atoms with Crippen LogP contribution in [0.1, 0.15) is 58.1 Å². The van der Waals surface area contributed by atoms with E-state index in [9.17, 15) is 19.6 Å². The van der Waals surface area contributed by atoms with E-state index in [1.165, 1.54) is 16.8 Å².